The van der Waals surface area contributed by atoms with Crippen LogP contribution in [0.25, 0.3) is 16.9 Å². The minimum absolute atomic E-state index is 0. The van der Waals surface area contributed by atoms with Crippen LogP contribution in [0, 0.1) is 0 Å². The van der Waals surface area contributed by atoms with E-state index in [9.17, 15) is 60.7 Å². The van der Waals surface area contributed by atoms with Crippen LogP contribution in [0.5, 0.6) is 0 Å². The Morgan fingerprint density at radius 1 is 0.437 bits per heavy atom. The number of piperidine rings is 4. The van der Waals surface area contributed by atoms with E-state index in [0.717, 1.165) is 142 Å². The summed E-state index contributed by atoms with van der Waals surface area (Å²) in [5.41, 5.74) is 12.4. The Hall–Kier alpha value is -12.3. The number of alkyl halides is 4. The van der Waals surface area contributed by atoms with Gasteiger partial charge in [-0.15, -0.1) is 12.4 Å². The van der Waals surface area contributed by atoms with E-state index in [0.29, 0.717) is 89.0 Å². The molecule has 7 fully saturated rings. The summed E-state index contributed by atoms with van der Waals surface area (Å²) in [5, 5.41) is 31.1. The van der Waals surface area contributed by atoms with Crippen molar-refractivity contribution in [3.63, 3.8) is 0 Å². The Morgan fingerprint density at radius 3 is 1.05 bits per heavy atom. The van der Waals surface area contributed by atoms with Gasteiger partial charge in [-0.05, 0) is 180 Å². The monoisotopic (exact) mass is 1920 g/mol. The standard InChI is InChI=1S/C28H37FN8O4.C23H29FN8O2.C16H20ClN5O3.2C12H18FN3O.ClH/c1-28(2,3)41-27(40)34(4)23-16-22(33-24-20(17-30-37(23)24)25(38)31-18-7-8-18)32-21-6-5-12-36(26(21)39)19-9-13-35(14-10-19)15-11-29;1-25-20-13-19(29-21-17(14-26-32(20)21)22(33)27-15-4-5-15)28-18-3-2-9-31(23(18)34)16-6-10-30(11-7-16)12-8-24;1-16(2,3)25-15(24)21(4)12-7-11(17)20-13-10(8-18-22(12)13)14(23)19-9-5-6-9;2*13-5-9-15-7-3-10(4-8-15)16-6-1-2-11(14)12(16)17;/h5-6,12,16-19H,7-11,13-15H2,1-4H3,(H,31,38)(H,32,33);2-3,9,13-16,25H,4-8,10-12H2,1H3,(H,27,33)(H,28,29);7-9H,5-6H2,1-4H3,(H,19,23);2*1-2,6,10H,3-5,7-9,14H2;1H. The minimum atomic E-state index is -0.727. The first kappa shape index (κ1) is 102. The summed E-state index contributed by atoms with van der Waals surface area (Å²) in [6.07, 6.45) is 22.7. The summed E-state index contributed by atoms with van der Waals surface area (Å²) in [4.78, 5) is 138. The molecule has 3 aliphatic carbocycles. The van der Waals surface area contributed by atoms with Gasteiger partial charge >= 0.3 is 12.2 Å². The highest BCUT2D eigenvalue weighted by molar-refractivity contribution is 6.30. The molecular formula is C91H123Cl2F4N27O11. The Morgan fingerprint density at radius 2 is 0.733 bits per heavy atom. The molecule has 0 spiro atoms. The molecule has 0 atom stereocenters. The molecule has 0 radical (unpaired) electrons. The van der Waals surface area contributed by atoms with Crippen molar-refractivity contribution in [2.75, 3.05) is 164 Å². The number of rotatable bonds is 25. The quantitative estimate of drug-likeness (QED) is 0.0195. The van der Waals surface area contributed by atoms with Crippen LogP contribution in [-0.2, 0) is 9.47 Å². The van der Waals surface area contributed by atoms with Crippen LogP contribution in [0.15, 0.2) is 129 Å². The zero-order chi connectivity index (χ0) is 95.8. The number of nitrogens with one attached hydrogen (secondary N) is 6. The van der Waals surface area contributed by atoms with Crippen molar-refractivity contribution in [3.8, 4) is 0 Å². The molecule has 7 aliphatic rings. The number of ether oxygens (including phenoxy) is 2. The van der Waals surface area contributed by atoms with Crippen molar-refractivity contribution in [1.82, 2.24) is 97.6 Å². The van der Waals surface area contributed by atoms with Crippen molar-refractivity contribution in [1.29, 1.82) is 0 Å². The number of carbonyl (C=O) groups excluding carboxylic acids is 5. The molecule has 3 saturated carbocycles. The number of nitrogens with two attached hydrogens (primary N) is 2. The van der Waals surface area contributed by atoms with Gasteiger partial charge in [0.2, 0.25) is 0 Å². The molecule has 4 aliphatic heterocycles. The first-order valence-electron chi connectivity index (χ1n) is 45.6. The third-order valence-electron chi connectivity index (χ3n) is 24.0. The average Bonchev–Trinajstić information content (AvgIpc) is 1.65. The molecule has 17 rings (SSSR count). The number of nitrogens with zero attached hydrogens (tertiary/aromatic N) is 19. The summed E-state index contributed by atoms with van der Waals surface area (Å²) >= 11 is 6.09. The summed E-state index contributed by atoms with van der Waals surface area (Å²) < 4.78 is 72.0. The second-order valence-corrected chi connectivity index (χ2v) is 36.7. The maximum Gasteiger partial charge on any atom is 0.415 e. The predicted octanol–water partition coefficient (Wildman–Crippen LogP) is 10.8. The van der Waals surface area contributed by atoms with E-state index in [1.807, 2.05) is 6.07 Å². The van der Waals surface area contributed by atoms with Crippen LogP contribution in [0.3, 0.4) is 0 Å². The van der Waals surface area contributed by atoms with E-state index in [1.54, 1.807) is 165 Å². The highest BCUT2D eigenvalue weighted by Gasteiger charge is 2.34. The van der Waals surface area contributed by atoms with E-state index in [2.05, 4.69) is 81.7 Å². The number of likely N-dealkylation sites (tertiary alicyclic amines) is 4. The Balaban J connectivity index is 0.000000158. The number of aromatic nitrogens is 13. The fourth-order valence-corrected chi connectivity index (χ4v) is 16.4. The lowest BCUT2D eigenvalue weighted by Gasteiger charge is -2.32. The largest absolute Gasteiger partial charge is 0.443 e. The SMILES string of the molecule is CN(C(=O)OC(C)(C)C)c1cc(Cl)nc2c(C(=O)NC3CC3)cnn12.CN(C(=O)OC(C)(C)C)c1cc(Nc2cccn(C3CCN(CCF)CC3)c2=O)nc2c(C(=O)NC3CC3)cnn12.CNc1cc(Nc2cccn(C3CCN(CCF)CC3)c2=O)nc2c(C(=O)NC3CC3)cnn12.Cl.Nc1cccn(C2CCN(CCF)CC2)c1=O.Nc1cccn(C2CCN(CCF)CC2)c1=O. The topological polar surface area (TPSA) is 426 Å². The van der Waals surface area contributed by atoms with Gasteiger partial charge in [-0.1, -0.05) is 11.6 Å². The zero-order valence-electron chi connectivity index (χ0n) is 77.6. The molecule has 4 saturated heterocycles. The van der Waals surface area contributed by atoms with Gasteiger partial charge in [0, 0.05) is 185 Å². The Kier molecular flexibility index (Phi) is 34.6. The number of amides is 5. The van der Waals surface area contributed by atoms with E-state index in [4.69, 9.17) is 32.5 Å². The molecule has 0 aromatic carbocycles. The van der Waals surface area contributed by atoms with Gasteiger partial charge in [-0.3, -0.25) is 43.4 Å². The minimum Gasteiger partial charge on any atom is -0.443 e. The number of halogens is 6. The summed E-state index contributed by atoms with van der Waals surface area (Å²) in [5.74, 6) is 1.22. The third kappa shape index (κ3) is 26.7. The van der Waals surface area contributed by atoms with E-state index in [-0.39, 0.29) is 149 Å². The summed E-state index contributed by atoms with van der Waals surface area (Å²) in [7, 11) is 4.85. The normalized spacial score (nSPS) is 16.6. The average molecular weight is 1920 g/mol. The number of pyridine rings is 4. The number of fused-ring (bicyclic) bond motifs is 3. The highest BCUT2D eigenvalue weighted by Crippen LogP contribution is 2.33. The Labute approximate surface area is 789 Å². The van der Waals surface area contributed by atoms with Crippen molar-refractivity contribution < 1.29 is 51.0 Å². The van der Waals surface area contributed by atoms with E-state index < -0.39 is 23.4 Å². The van der Waals surface area contributed by atoms with Crippen molar-refractivity contribution in [2.24, 2.45) is 0 Å². The third-order valence-corrected chi connectivity index (χ3v) is 24.2. The van der Waals surface area contributed by atoms with Crippen molar-refractivity contribution in [2.45, 2.75) is 185 Å². The number of hydrogen-bond acceptors (Lipinski definition) is 26. The lowest BCUT2D eigenvalue weighted by molar-refractivity contribution is 0.0577. The van der Waals surface area contributed by atoms with Crippen molar-refractivity contribution >= 4 is 123 Å². The molecular weight excluding hydrogens is 1790 g/mol. The molecule has 10 aromatic heterocycles. The van der Waals surface area contributed by atoms with Gasteiger partial charge in [0.05, 0.1) is 30.0 Å². The van der Waals surface area contributed by atoms with E-state index >= 15 is 0 Å². The maximum absolute atomic E-state index is 13.5. The number of anilines is 9. The van der Waals surface area contributed by atoms with Crippen molar-refractivity contribution in [3.05, 3.63) is 173 Å². The highest BCUT2D eigenvalue weighted by atomic mass is 35.5. The predicted molar refractivity (Wildman–Crippen MR) is 512 cm³/mol. The maximum atomic E-state index is 13.5. The van der Waals surface area contributed by atoms with Gasteiger partial charge in [0.15, 0.2) is 16.9 Å². The molecule has 5 amide bonds. The first-order chi connectivity index (χ1) is 64.2. The fraction of sp³-hybridized carbons (Fsp3) is 0.527. The lowest BCUT2D eigenvalue weighted by atomic mass is 10.0. The number of hydrogen-bond donors (Lipinski definition) is 8. The second kappa shape index (κ2) is 45.9. The molecule has 10 N–H and O–H groups in total. The van der Waals surface area contributed by atoms with Gasteiger partial charge in [0.25, 0.3) is 40.0 Å². The van der Waals surface area contributed by atoms with Crippen LogP contribution in [0.2, 0.25) is 5.15 Å². The summed E-state index contributed by atoms with van der Waals surface area (Å²) in [6, 6.07) is 19.7. The van der Waals surface area contributed by atoms with Gasteiger partial charge in [-0.25, -0.2) is 42.1 Å². The molecule has 10 aromatic rings. The van der Waals surface area contributed by atoms with E-state index in [1.165, 1.54) is 43.5 Å². The molecule has 0 unspecified atom stereocenters. The van der Waals surface area contributed by atoms with Crippen LogP contribution in [0.4, 0.5) is 79.0 Å². The van der Waals surface area contributed by atoms with Gasteiger partial charge in [-0.2, -0.15) is 28.8 Å². The molecule has 135 heavy (non-hydrogen) atoms. The molecule has 0 bridgehead atoms. The first-order valence-corrected chi connectivity index (χ1v) is 46.0. The second-order valence-electron chi connectivity index (χ2n) is 36.3. The molecule has 730 valence electrons. The number of nitrogen functional groups attached to an aromatic ring is 2. The summed E-state index contributed by atoms with van der Waals surface area (Å²) in [6.45, 7) is 17.5. The van der Waals surface area contributed by atoms with Gasteiger partial charge in [0.1, 0.15) is 100 Å². The molecule has 38 nitrogen and oxygen atoms in total. The fourth-order valence-electron chi connectivity index (χ4n) is 16.3. The van der Waals surface area contributed by atoms with Crippen LogP contribution in [-0.4, -0.2) is 267 Å². The molecule has 44 heteroatoms. The lowest BCUT2D eigenvalue weighted by Crippen LogP contribution is -2.38. The number of carbonyl (C=O) groups is 5. The smallest absolute Gasteiger partial charge is 0.415 e. The van der Waals surface area contributed by atoms with Crippen LogP contribution < -0.4 is 75.4 Å². The van der Waals surface area contributed by atoms with Crippen LogP contribution in [0.1, 0.15) is 187 Å². The zero-order valence-corrected chi connectivity index (χ0v) is 79.2. The molecule has 14 heterocycles. The Bertz CT molecular complexity index is 5930. The van der Waals surface area contributed by atoms with Crippen LogP contribution >= 0.6 is 24.0 Å². The van der Waals surface area contributed by atoms with Gasteiger partial charge < -0.3 is 90.7 Å².